The molecule has 1 aliphatic heterocycles. The Morgan fingerprint density at radius 1 is 1.56 bits per heavy atom. The van der Waals surface area contributed by atoms with Crippen LogP contribution in [0.3, 0.4) is 0 Å². The number of halogens is 3. The number of aromatic nitrogens is 1. The Labute approximate surface area is 109 Å². The monoisotopic (exact) mass is 295 g/mol. The van der Waals surface area contributed by atoms with Gasteiger partial charge < -0.3 is 0 Å². The van der Waals surface area contributed by atoms with Crippen molar-refractivity contribution < 1.29 is 17.2 Å². The lowest BCUT2D eigenvalue weighted by Crippen LogP contribution is -2.41. The molecule has 1 aliphatic rings. The number of rotatable bonds is 1. The van der Waals surface area contributed by atoms with Gasteiger partial charge in [-0.15, -0.1) is 0 Å². The maximum Gasteiger partial charge on any atom is 0.219 e. The summed E-state index contributed by atoms with van der Waals surface area (Å²) in [5.74, 6) is -2.35. The molecule has 2 rings (SSSR count). The van der Waals surface area contributed by atoms with Crippen LogP contribution in [0.4, 0.5) is 8.78 Å². The maximum atomic E-state index is 14.9. The summed E-state index contributed by atoms with van der Waals surface area (Å²) in [6.45, 7) is 1.46. The molecule has 2 heterocycles. The van der Waals surface area contributed by atoms with Gasteiger partial charge in [0.2, 0.25) is 5.95 Å². The topological polar surface area (TPSA) is 47.0 Å². The number of pyridine rings is 1. The summed E-state index contributed by atoms with van der Waals surface area (Å²) in [6.07, 6.45) is 0.823. The highest BCUT2D eigenvalue weighted by Gasteiger charge is 2.46. The maximum absolute atomic E-state index is 14.9. The normalized spacial score (nSPS) is 31.2. The molecule has 0 radical (unpaired) electrons. The Kier molecular flexibility index (Phi) is 3.36. The third-order valence-electron chi connectivity index (χ3n) is 3.32. The molecule has 1 aromatic rings. The summed E-state index contributed by atoms with van der Waals surface area (Å²) in [5.41, 5.74) is -2.29. The van der Waals surface area contributed by atoms with Gasteiger partial charge >= 0.3 is 0 Å². The van der Waals surface area contributed by atoms with Crippen molar-refractivity contribution in [1.29, 1.82) is 0 Å². The first kappa shape index (κ1) is 13.7. The summed E-state index contributed by atoms with van der Waals surface area (Å²) in [7, 11) is -3.25. The minimum atomic E-state index is -3.25. The van der Waals surface area contributed by atoms with Crippen LogP contribution in [0.15, 0.2) is 12.3 Å². The molecule has 0 amide bonds. The van der Waals surface area contributed by atoms with Gasteiger partial charge in [-0.05, 0) is 12.5 Å². The molecule has 0 spiro atoms. The molecule has 0 aliphatic carbocycles. The lowest BCUT2D eigenvalue weighted by atomic mass is 9.83. The zero-order valence-corrected chi connectivity index (χ0v) is 11.2. The van der Waals surface area contributed by atoms with E-state index in [2.05, 4.69) is 4.98 Å². The highest BCUT2D eigenvalue weighted by atomic mass is 35.5. The van der Waals surface area contributed by atoms with Gasteiger partial charge in [0.25, 0.3) is 0 Å². The fraction of sp³-hybridized carbons (Fsp3) is 0.545. The van der Waals surface area contributed by atoms with Crippen molar-refractivity contribution in [3.05, 3.63) is 28.8 Å². The summed E-state index contributed by atoms with van der Waals surface area (Å²) >= 11 is 5.69. The van der Waals surface area contributed by atoms with Gasteiger partial charge in [0.1, 0.15) is 5.67 Å². The third-order valence-corrected chi connectivity index (χ3v) is 5.36. The Bertz CT molecular complexity index is 578. The van der Waals surface area contributed by atoms with Crippen LogP contribution in [-0.4, -0.2) is 24.9 Å². The lowest BCUT2D eigenvalue weighted by Gasteiger charge is -2.35. The van der Waals surface area contributed by atoms with Crippen LogP contribution >= 0.6 is 11.6 Å². The van der Waals surface area contributed by atoms with Crippen LogP contribution in [0, 0.1) is 11.9 Å². The van der Waals surface area contributed by atoms with Crippen LogP contribution < -0.4 is 0 Å². The fourth-order valence-electron chi connectivity index (χ4n) is 2.26. The molecular weight excluding hydrogens is 284 g/mol. The number of hydrogen-bond donors (Lipinski definition) is 0. The predicted molar refractivity (Wildman–Crippen MR) is 64.4 cm³/mol. The molecule has 0 N–H and O–H groups in total. The molecule has 2 atom stereocenters. The van der Waals surface area contributed by atoms with E-state index < -0.39 is 27.4 Å². The van der Waals surface area contributed by atoms with Gasteiger partial charge in [-0.2, -0.15) is 4.39 Å². The quantitative estimate of drug-likeness (QED) is 0.748. The van der Waals surface area contributed by atoms with Crippen molar-refractivity contribution in [2.45, 2.75) is 19.0 Å². The molecule has 1 saturated heterocycles. The van der Waals surface area contributed by atoms with E-state index in [0.29, 0.717) is 0 Å². The van der Waals surface area contributed by atoms with Gasteiger partial charge in [-0.25, -0.2) is 17.8 Å². The first-order chi connectivity index (χ1) is 8.24. The van der Waals surface area contributed by atoms with Gasteiger partial charge in [-0.3, -0.25) is 0 Å². The van der Waals surface area contributed by atoms with Crippen LogP contribution in [0.1, 0.15) is 18.9 Å². The van der Waals surface area contributed by atoms with Crippen molar-refractivity contribution in [3.63, 3.8) is 0 Å². The van der Waals surface area contributed by atoms with Gasteiger partial charge in [0.15, 0.2) is 9.84 Å². The van der Waals surface area contributed by atoms with Crippen LogP contribution in [-0.2, 0) is 15.5 Å². The largest absolute Gasteiger partial charge is 0.238 e. The van der Waals surface area contributed by atoms with Crippen molar-refractivity contribution in [2.24, 2.45) is 5.92 Å². The van der Waals surface area contributed by atoms with Crippen molar-refractivity contribution >= 4 is 21.4 Å². The van der Waals surface area contributed by atoms with Crippen LogP contribution in [0.25, 0.3) is 0 Å². The van der Waals surface area contributed by atoms with E-state index in [1.807, 2.05) is 0 Å². The zero-order chi connectivity index (χ0) is 13.6. The summed E-state index contributed by atoms with van der Waals surface area (Å²) in [5, 5.41) is 0.129. The highest BCUT2D eigenvalue weighted by Crippen LogP contribution is 2.43. The second-order valence-electron chi connectivity index (χ2n) is 4.62. The van der Waals surface area contributed by atoms with Crippen molar-refractivity contribution in [3.8, 4) is 0 Å². The Morgan fingerprint density at radius 3 is 2.83 bits per heavy atom. The van der Waals surface area contributed by atoms with Crippen molar-refractivity contribution in [1.82, 2.24) is 4.98 Å². The van der Waals surface area contributed by atoms with Gasteiger partial charge in [-0.1, -0.05) is 18.5 Å². The molecular formula is C11H12ClF2NO2S. The molecule has 100 valence electrons. The van der Waals surface area contributed by atoms with Gasteiger partial charge in [0, 0.05) is 17.7 Å². The second kappa shape index (κ2) is 4.42. The van der Waals surface area contributed by atoms with E-state index in [1.54, 1.807) is 0 Å². The molecule has 1 unspecified atom stereocenters. The first-order valence-corrected chi connectivity index (χ1v) is 7.65. The average Bonchev–Trinajstić information content (AvgIpc) is 2.27. The van der Waals surface area contributed by atoms with E-state index in [4.69, 9.17) is 11.6 Å². The molecule has 7 heteroatoms. The predicted octanol–water partition coefficient (Wildman–Crippen LogP) is 2.49. The Hall–Kier alpha value is -0.750. The molecule has 1 fully saturated rings. The SMILES string of the molecule is C[C@@H]1CS(=O)(=O)CCC1(F)c1cc(Cl)cnc1F. The second-order valence-corrected chi connectivity index (χ2v) is 7.28. The molecule has 3 nitrogen and oxygen atoms in total. The van der Waals surface area contributed by atoms with Crippen LogP contribution in [0.2, 0.25) is 5.02 Å². The van der Waals surface area contributed by atoms with Crippen molar-refractivity contribution in [2.75, 3.05) is 11.5 Å². The highest BCUT2D eigenvalue weighted by molar-refractivity contribution is 7.91. The van der Waals surface area contributed by atoms with E-state index in [9.17, 15) is 17.2 Å². The molecule has 1 aromatic heterocycles. The van der Waals surface area contributed by atoms with E-state index in [1.165, 1.54) is 13.0 Å². The lowest BCUT2D eigenvalue weighted by molar-refractivity contribution is 0.0842. The molecule has 0 saturated carbocycles. The summed E-state index contributed by atoms with van der Waals surface area (Å²) in [4.78, 5) is 3.38. The molecule has 18 heavy (non-hydrogen) atoms. The Balaban J connectivity index is 2.46. The molecule has 0 aromatic carbocycles. The number of nitrogens with zero attached hydrogens (tertiary/aromatic N) is 1. The fourth-order valence-corrected chi connectivity index (χ4v) is 4.22. The summed E-state index contributed by atoms with van der Waals surface area (Å²) < 4.78 is 51.3. The minimum Gasteiger partial charge on any atom is -0.238 e. The third kappa shape index (κ3) is 2.36. The first-order valence-electron chi connectivity index (χ1n) is 5.45. The Morgan fingerprint density at radius 2 is 2.22 bits per heavy atom. The molecule has 0 bridgehead atoms. The van der Waals surface area contributed by atoms with E-state index in [-0.39, 0.29) is 28.5 Å². The zero-order valence-electron chi connectivity index (χ0n) is 9.66. The number of alkyl halides is 1. The minimum absolute atomic E-state index is 0.129. The standard InChI is InChI=1S/C11H12ClF2NO2S/c1-7-6-18(16,17)3-2-11(7,14)9-4-8(12)5-15-10(9)13/h4-5,7H,2-3,6H2,1H3/t7-,11?/m1/s1. The smallest absolute Gasteiger partial charge is 0.219 e. The van der Waals surface area contributed by atoms with E-state index >= 15 is 0 Å². The van der Waals surface area contributed by atoms with Crippen LogP contribution in [0.5, 0.6) is 0 Å². The van der Waals surface area contributed by atoms with E-state index in [0.717, 1.165) is 6.20 Å². The number of sulfone groups is 1. The number of hydrogen-bond acceptors (Lipinski definition) is 3. The summed E-state index contributed by atoms with van der Waals surface area (Å²) in [6, 6.07) is 1.18. The average molecular weight is 296 g/mol. The van der Waals surface area contributed by atoms with Gasteiger partial charge in [0.05, 0.1) is 16.5 Å².